The number of nitrogens with zero attached hydrogens (tertiary/aromatic N) is 4. The normalized spacial score (nSPS) is 21.6. The average molecular weight is 382 g/mol. The van der Waals surface area contributed by atoms with Gasteiger partial charge < -0.3 is 20.5 Å². The lowest BCUT2D eigenvalue weighted by atomic mass is 9.96. The van der Waals surface area contributed by atoms with Crippen molar-refractivity contribution in [1.82, 2.24) is 19.8 Å². The molecule has 0 spiro atoms. The van der Waals surface area contributed by atoms with E-state index in [0.717, 1.165) is 23.6 Å². The van der Waals surface area contributed by atoms with Gasteiger partial charge >= 0.3 is 6.03 Å². The fourth-order valence-electron chi connectivity index (χ4n) is 4.12. The lowest BCUT2D eigenvalue weighted by Gasteiger charge is -2.25. The molecule has 2 aliphatic heterocycles. The molecule has 0 unspecified atom stereocenters. The summed E-state index contributed by atoms with van der Waals surface area (Å²) in [6.07, 6.45) is 5.14. The summed E-state index contributed by atoms with van der Waals surface area (Å²) in [5.41, 5.74) is 6.53. The van der Waals surface area contributed by atoms with Crippen molar-refractivity contribution in [2.75, 3.05) is 18.0 Å². The Labute approximate surface area is 164 Å². The van der Waals surface area contributed by atoms with E-state index >= 15 is 0 Å². The Kier molecular flexibility index (Phi) is 4.58. The highest BCUT2D eigenvalue weighted by atomic mass is 16.2. The third-order valence-electron chi connectivity index (χ3n) is 5.65. The largest absolute Gasteiger partial charge is 0.368 e. The van der Waals surface area contributed by atoms with Gasteiger partial charge in [-0.15, -0.1) is 0 Å². The zero-order valence-corrected chi connectivity index (χ0v) is 16.3. The highest BCUT2D eigenvalue weighted by Crippen LogP contribution is 2.38. The van der Waals surface area contributed by atoms with E-state index in [9.17, 15) is 9.59 Å². The van der Waals surface area contributed by atoms with Crippen molar-refractivity contribution >= 4 is 17.6 Å². The number of urea groups is 1. The topological polar surface area (TPSA) is 96.5 Å². The van der Waals surface area contributed by atoms with Gasteiger partial charge in [0.2, 0.25) is 5.91 Å². The highest BCUT2D eigenvalue weighted by Gasteiger charge is 2.56. The summed E-state index contributed by atoms with van der Waals surface area (Å²) in [6, 6.07) is 7.97. The average Bonchev–Trinajstić information content (AvgIpc) is 3.36. The van der Waals surface area contributed by atoms with Crippen molar-refractivity contribution in [3.63, 3.8) is 0 Å². The SMILES string of the molecule is CC(C)NCc1nccn1-c1ccc(N2C[C@@]3(C(N)=O)CCCN3C2=O)cc1. The standard InChI is InChI=1S/C20H26N6O2/c1-14(2)23-12-17-22-9-11-24(17)15-4-6-16(7-5-15)25-13-20(18(21)27)8-3-10-26(20)19(25)28/h4-7,9,11,14,23H,3,8,10,12-13H2,1-2H3,(H2,21,27)/t20-/m1/s1. The number of rotatable bonds is 6. The highest BCUT2D eigenvalue weighted by molar-refractivity contribution is 6.03. The number of hydrogen-bond acceptors (Lipinski definition) is 4. The van der Waals surface area contributed by atoms with Crippen LogP contribution in [0.15, 0.2) is 36.7 Å². The third kappa shape index (κ3) is 2.93. The Morgan fingerprint density at radius 3 is 2.64 bits per heavy atom. The monoisotopic (exact) mass is 382 g/mol. The molecule has 4 rings (SSSR count). The number of anilines is 1. The molecule has 2 saturated heterocycles. The number of carbonyl (C=O) groups excluding carboxylic acids is 2. The van der Waals surface area contributed by atoms with Gasteiger partial charge in [0, 0.05) is 36.4 Å². The first kappa shape index (κ1) is 18.5. The zero-order valence-electron chi connectivity index (χ0n) is 16.3. The van der Waals surface area contributed by atoms with E-state index < -0.39 is 11.4 Å². The first-order valence-electron chi connectivity index (χ1n) is 9.67. The van der Waals surface area contributed by atoms with Crippen LogP contribution in [0.5, 0.6) is 0 Å². The van der Waals surface area contributed by atoms with Crippen LogP contribution in [0.3, 0.4) is 0 Å². The molecule has 0 saturated carbocycles. The van der Waals surface area contributed by atoms with Crippen LogP contribution < -0.4 is 16.0 Å². The van der Waals surface area contributed by atoms with Crippen molar-refractivity contribution in [2.24, 2.45) is 5.73 Å². The van der Waals surface area contributed by atoms with Gasteiger partial charge in [-0.05, 0) is 37.1 Å². The smallest absolute Gasteiger partial charge is 0.325 e. The molecule has 1 aromatic carbocycles. The number of imidazole rings is 1. The summed E-state index contributed by atoms with van der Waals surface area (Å²) in [7, 11) is 0. The van der Waals surface area contributed by atoms with Gasteiger partial charge in [0.15, 0.2) is 0 Å². The minimum atomic E-state index is -0.865. The van der Waals surface area contributed by atoms with Gasteiger partial charge in [0.05, 0.1) is 13.1 Å². The maximum Gasteiger partial charge on any atom is 0.325 e. The number of nitrogens with two attached hydrogens (primary N) is 1. The third-order valence-corrected chi connectivity index (χ3v) is 5.65. The van der Waals surface area contributed by atoms with E-state index in [2.05, 4.69) is 24.1 Å². The quantitative estimate of drug-likeness (QED) is 0.794. The van der Waals surface area contributed by atoms with Crippen LogP contribution in [-0.4, -0.2) is 51.1 Å². The molecule has 3 N–H and O–H groups in total. The molecule has 0 bridgehead atoms. The number of carbonyl (C=O) groups is 2. The molecule has 2 aromatic rings. The molecule has 0 aliphatic carbocycles. The number of aromatic nitrogens is 2. The second kappa shape index (κ2) is 6.94. The lowest BCUT2D eigenvalue weighted by Crippen LogP contribution is -2.52. The molecule has 1 atom stereocenters. The van der Waals surface area contributed by atoms with Crippen molar-refractivity contribution in [3.05, 3.63) is 42.5 Å². The summed E-state index contributed by atoms with van der Waals surface area (Å²) in [4.78, 5) is 32.6. The molecule has 8 heteroatoms. The second-order valence-corrected chi connectivity index (χ2v) is 7.79. The molecular weight excluding hydrogens is 356 g/mol. The molecule has 1 aromatic heterocycles. The number of nitrogens with one attached hydrogen (secondary N) is 1. The van der Waals surface area contributed by atoms with Gasteiger partial charge in [0.1, 0.15) is 11.4 Å². The van der Waals surface area contributed by atoms with Crippen molar-refractivity contribution < 1.29 is 9.59 Å². The summed E-state index contributed by atoms with van der Waals surface area (Å²) in [5, 5.41) is 3.37. The minimum Gasteiger partial charge on any atom is -0.368 e. The number of primary amides is 1. The van der Waals surface area contributed by atoms with E-state index in [-0.39, 0.29) is 6.03 Å². The van der Waals surface area contributed by atoms with Gasteiger partial charge in [0.25, 0.3) is 0 Å². The van der Waals surface area contributed by atoms with Crippen molar-refractivity contribution in [1.29, 1.82) is 0 Å². The Balaban J connectivity index is 1.56. The molecule has 2 aliphatic rings. The zero-order chi connectivity index (χ0) is 19.9. The summed E-state index contributed by atoms with van der Waals surface area (Å²) in [6.45, 7) is 5.76. The Bertz CT molecular complexity index is 890. The van der Waals surface area contributed by atoms with E-state index in [1.165, 1.54) is 0 Å². The van der Waals surface area contributed by atoms with Gasteiger partial charge in [-0.1, -0.05) is 13.8 Å². The maximum absolute atomic E-state index is 12.8. The second-order valence-electron chi connectivity index (χ2n) is 7.79. The van der Waals surface area contributed by atoms with Crippen LogP contribution in [0.4, 0.5) is 10.5 Å². The summed E-state index contributed by atoms with van der Waals surface area (Å²) in [5.74, 6) is 0.505. The van der Waals surface area contributed by atoms with E-state index in [1.807, 2.05) is 35.0 Å². The number of amides is 3. The summed E-state index contributed by atoms with van der Waals surface area (Å²) >= 11 is 0. The van der Waals surface area contributed by atoms with Crippen LogP contribution in [0.1, 0.15) is 32.5 Å². The maximum atomic E-state index is 12.8. The fourth-order valence-corrected chi connectivity index (χ4v) is 4.12. The molecular formula is C20H26N6O2. The van der Waals surface area contributed by atoms with E-state index in [4.69, 9.17) is 5.73 Å². The Hall–Kier alpha value is -2.87. The molecule has 3 amide bonds. The van der Waals surface area contributed by atoms with Gasteiger partial charge in [-0.3, -0.25) is 9.69 Å². The predicted molar refractivity (Wildman–Crippen MR) is 106 cm³/mol. The molecule has 2 fully saturated rings. The fraction of sp³-hybridized carbons (Fsp3) is 0.450. The van der Waals surface area contributed by atoms with Gasteiger partial charge in [-0.25, -0.2) is 9.78 Å². The first-order valence-corrected chi connectivity index (χ1v) is 9.67. The van der Waals surface area contributed by atoms with Crippen LogP contribution >= 0.6 is 0 Å². The van der Waals surface area contributed by atoms with Crippen LogP contribution in [0, 0.1) is 0 Å². The van der Waals surface area contributed by atoms with Crippen LogP contribution in [0.25, 0.3) is 5.69 Å². The van der Waals surface area contributed by atoms with Crippen LogP contribution in [0.2, 0.25) is 0 Å². The van der Waals surface area contributed by atoms with E-state index in [0.29, 0.717) is 32.1 Å². The Morgan fingerprint density at radius 1 is 1.29 bits per heavy atom. The molecule has 28 heavy (non-hydrogen) atoms. The number of benzene rings is 1. The first-order chi connectivity index (χ1) is 13.4. The molecule has 0 radical (unpaired) electrons. The Morgan fingerprint density at radius 2 is 2.00 bits per heavy atom. The van der Waals surface area contributed by atoms with Gasteiger partial charge in [-0.2, -0.15) is 0 Å². The predicted octanol–water partition coefficient (Wildman–Crippen LogP) is 1.63. The lowest BCUT2D eigenvalue weighted by molar-refractivity contribution is -0.125. The molecule has 148 valence electrons. The van der Waals surface area contributed by atoms with E-state index in [1.54, 1.807) is 16.0 Å². The number of hydrogen-bond donors (Lipinski definition) is 2. The number of fused-ring (bicyclic) bond motifs is 1. The molecule has 8 nitrogen and oxygen atoms in total. The van der Waals surface area contributed by atoms with Crippen molar-refractivity contribution in [2.45, 2.75) is 44.8 Å². The molecule has 3 heterocycles. The minimum absolute atomic E-state index is 0.145. The van der Waals surface area contributed by atoms with Crippen molar-refractivity contribution in [3.8, 4) is 5.69 Å². The van der Waals surface area contributed by atoms with Crippen LogP contribution in [-0.2, 0) is 11.3 Å². The summed E-state index contributed by atoms with van der Waals surface area (Å²) < 4.78 is 2.02.